The fourth-order valence-electron chi connectivity index (χ4n) is 3.20. The van der Waals surface area contributed by atoms with Gasteiger partial charge in [-0.2, -0.15) is 0 Å². The van der Waals surface area contributed by atoms with Crippen molar-refractivity contribution in [2.24, 2.45) is 4.99 Å². The number of likely N-dealkylation sites (N-methyl/N-ethyl adjacent to an activating group) is 1. The molecule has 0 aromatic carbocycles. The summed E-state index contributed by atoms with van der Waals surface area (Å²) >= 11 is 0. The molecule has 26 heavy (non-hydrogen) atoms. The molecule has 0 aliphatic carbocycles. The van der Waals surface area contributed by atoms with Crippen molar-refractivity contribution in [3.05, 3.63) is 42.2 Å². The monoisotopic (exact) mass is 360 g/mol. The molecule has 1 fully saturated rings. The number of hydrogen-bond donors (Lipinski definition) is 1. The Kier molecular flexibility index (Phi) is 6.30. The topological polar surface area (TPSA) is 73.3 Å². The van der Waals surface area contributed by atoms with Gasteiger partial charge in [0, 0.05) is 52.4 Å². The minimum atomic E-state index is 0.162. The van der Waals surface area contributed by atoms with Crippen LogP contribution < -0.4 is 5.32 Å². The normalized spacial score (nSPS) is 17.7. The Hall–Kier alpha value is -2.32. The van der Waals surface area contributed by atoms with Crippen LogP contribution >= 0.6 is 0 Å². The first-order valence-corrected chi connectivity index (χ1v) is 8.94. The second-order valence-corrected chi connectivity index (χ2v) is 6.68. The van der Waals surface area contributed by atoms with Crippen molar-refractivity contribution in [3.63, 3.8) is 0 Å². The van der Waals surface area contributed by atoms with Gasteiger partial charge in [-0.05, 0) is 26.2 Å². The molecular weight excluding hydrogens is 332 g/mol. The van der Waals surface area contributed by atoms with Crippen LogP contribution in [-0.4, -0.2) is 79.7 Å². The largest absolute Gasteiger partial charge is 0.468 e. The molecule has 2 aromatic heterocycles. The molecule has 8 nitrogen and oxygen atoms in total. The van der Waals surface area contributed by atoms with E-state index in [4.69, 9.17) is 8.94 Å². The Morgan fingerprint density at radius 3 is 2.65 bits per heavy atom. The molecule has 2 aromatic rings. The summed E-state index contributed by atoms with van der Waals surface area (Å²) in [5.74, 6) is 1.89. The van der Waals surface area contributed by atoms with Gasteiger partial charge in [0.15, 0.2) is 5.96 Å². The number of rotatable bonds is 6. The molecule has 1 aliphatic heterocycles. The number of nitrogens with zero attached hydrogens (tertiary/aromatic N) is 5. The number of aromatic nitrogens is 1. The Morgan fingerprint density at radius 1 is 1.27 bits per heavy atom. The van der Waals surface area contributed by atoms with Crippen LogP contribution in [0.4, 0.5) is 0 Å². The van der Waals surface area contributed by atoms with Gasteiger partial charge in [-0.15, -0.1) is 0 Å². The lowest BCUT2D eigenvalue weighted by atomic mass is 10.2. The highest BCUT2D eigenvalue weighted by Crippen LogP contribution is 2.17. The van der Waals surface area contributed by atoms with E-state index in [9.17, 15) is 0 Å². The summed E-state index contributed by atoms with van der Waals surface area (Å²) in [7, 11) is 5.95. The van der Waals surface area contributed by atoms with Gasteiger partial charge in [0.25, 0.3) is 0 Å². The zero-order chi connectivity index (χ0) is 18.4. The second-order valence-electron chi connectivity index (χ2n) is 6.68. The van der Waals surface area contributed by atoms with Crippen LogP contribution in [0.2, 0.25) is 0 Å². The molecule has 0 spiro atoms. The zero-order valence-corrected chi connectivity index (χ0v) is 15.8. The highest BCUT2D eigenvalue weighted by molar-refractivity contribution is 5.80. The molecular formula is C18H28N6O2. The molecule has 1 N–H and O–H groups in total. The van der Waals surface area contributed by atoms with Crippen LogP contribution in [0, 0.1) is 0 Å². The van der Waals surface area contributed by atoms with Crippen LogP contribution in [0.5, 0.6) is 0 Å². The molecule has 0 radical (unpaired) electrons. The predicted molar refractivity (Wildman–Crippen MR) is 99.9 cm³/mol. The third-order valence-electron chi connectivity index (χ3n) is 4.71. The Balaban J connectivity index is 1.50. The molecule has 0 amide bonds. The molecule has 3 heterocycles. The minimum Gasteiger partial charge on any atom is -0.468 e. The summed E-state index contributed by atoms with van der Waals surface area (Å²) in [6.07, 6.45) is 3.34. The van der Waals surface area contributed by atoms with Crippen LogP contribution in [0.3, 0.4) is 0 Å². The van der Waals surface area contributed by atoms with E-state index < -0.39 is 0 Å². The summed E-state index contributed by atoms with van der Waals surface area (Å²) in [4.78, 5) is 11.3. The number of aliphatic imine (C=N–C) groups is 1. The average Bonchev–Trinajstić information content (AvgIpc) is 3.33. The fraction of sp³-hybridized carbons (Fsp3) is 0.556. The van der Waals surface area contributed by atoms with E-state index in [1.807, 2.05) is 25.2 Å². The maximum Gasteiger partial charge on any atom is 0.193 e. The number of hydrogen-bond acceptors (Lipinski definition) is 6. The molecule has 3 rings (SSSR count). The van der Waals surface area contributed by atoms with Gasteiger partial charge in [-0.3, -0.25) is 14.8 Å². The molecule has 0 bridgehead atoms. The van der Waals surface area contributed by atoms with Gasteiger partial charge >= 0.3 is 0 Å². The van der Waals surface area contributed by atoms with Crippen molar-refractivity contribution in [3.8, 4) is 0 Å². The van der Waals surface area contributed by atoms with Crippen LogP contribution in [0.15, 0.2) is 44.7 Å². The first-order valence-electron chi connectivity index (χ1n) is 8.94. The lowest BCUT2D eigenvalue weighted by Crippen LogP contribution is -2.53. The maximum absolute atomic E-state index is 5.58. The summed E-state index contributed by atoms with van der Waals surface area (Å²) < 4.78 is 10.5. The van der Waals surface area contributed by atoms with Crippen molar-refractivity contribution in [2.45, 2.75) is 12.6 Å². The lowest BCUT2D eigenvalue weighted by Gasteiger charge is -2.36. The number of piperazine rings is 1. The summed E-state index contributed by atoms with van der Waals surface area (Å²) in [6.45, 7) is 5.39. The molecule has 8 heteroatoms. The van der Waals surface area contributed by atoms with E-state index in [1.165, 1.54) is 0 Å². The summed E-state index contributed by atoms with van der Waals surface area (Å²) in [6, 6.07) is 6.02. The summed E-state index contributed by atoms with van der Waals surface area (Å²) in [5.41, 5.74) is 0.980. The molecule has 1 aliphatic rings. The van der Waals surface area contributed by atoms with E-state index in [0.717, 1.165) is 56.7 Å². The van der Waals surface area contributed by atoms with Crippen molar-refractivity contribution >= 4 is 5.96 Å². The second kappa shape index (κ2) is 8.86. The van der Waals surface area contributed by atoms with E-state index in [-0.39, 0.29) is 6.04 Å². The lowest BCUT2D eigenvalue weighted by molar-refractivity contribution is 0.168. The van der Waals surface area contributed by atoms with E-state index >= 15 is 0 Å². The molecule has 0 saturated carbocycles. The third kappa shape index (κ3) is 4.64. The molecule has 142 valence electrons. The third-order valence-corrected chi connectivity index (χ3v) is 4.71. The molecule has 1 atom stereocenters. The minimum absolute atomic E-state index is 0.162. The summed E-state index contributed by atoms with van der Waals surface area (Å²) in [5, 5.41) is 7.49. The maximum atomic E-state index is 5.58. The molecule has 1 saturated heterocycles. The zero-order valence-electron chi connectivity index (χ0n) is 15.8. The van der Waals surface area contributed by atoms with Crippen LogP contribution in [0.1, 0.15) is 17.5 Å². The predicted octanol–water partition coefficient (Wildman–Crippen LogP) is 1.26. The first-order chi connectivity index (χ1) is 12.7. The van der Waals surface area contributed by atoms with Crippen molar-refractivity contribution in [1.29, 1.82) is 0 Å². The van der Waals surface area contributed by atoms with Gasteiger partial charge in [0.1, 0.15) is 12.0 Å². The van der Waals surface area contributed by atoms with Crippen molar-refractivity contribution in [2.75, 3.05) is 53.9 Å². The van der Waals surface area contributed by atoms with Gasteiger partial charge in [-0.1, -0.05) is 5.16 Å². The van der Waals surface area contributed by atoms with Gasteiger partial charge in [-0.25, -0.2) is 0 Å². The quantitative estimate of drug-likeness (QED) is 0.614. The fourth-order valence-corrected chi connectivity index (χ4v) is 3.20. The SMILES string of the molecule is CN=C(NCC(c1ccco1)N(C)C)N1CCN(Cc2ccon2)CC1. The van der Waals surface area contributed by atoms with E-state index in [0.29, 0.717) is 0 Å². The molecule has 1 unspecified atom stereocenters. The Bertz CT molecular complexity index is 660. The highest BCUT2D eigenvalue weighted by atomic mass is 16.5. The van der Waals surface area contributed by atoms with Gasteiger partial charge in [0.2, 0.25) is 0 Å². The van der Waals surface area contributed by atoms with Crippen molar-refractivity contribution in [1.82, 2.24) is 25.2 Å². The van der Waals surface area contributed by atoms with Crippen LogP contribution in [0.25, 0.3) is 0 Å². The number of furan rings is 1. The first kappa shape index (κ1) is 18.5. The van der Waals surface area contributed by atoms with Crippen LogP contribution in [-0.2, 0) is 6.54 Å². The average molecular weight is 360 g/mol. The smallest absolute Gasteiger partial charge is 0.193 e. The van der Waals surface area contributed by atoms with Gasteiger partial charge < -0.3 is 19.2 Å². The standard InChI is InChI=1S/C18H28N6O2/c1-19-18(20-13-16(22(2)3)17-5-4-11-25-17)24-9-7-23(8-10-24)14-15-6-12-26-21-15/h4-6,11-12,16H,7-10,13-14H2,1-3H3,(H,19,20). The van der Waals surface area contributed by atoms with Crippen molar-refractivity contribution < 1.29 is 8.94 Å². The number of nitrogens with one attached hydrogen (secondary N) is 1. The Labute approximate surface area is 154 Å². The Morgan fingerprint density at radius 2 is 2.08 bits per heavy atom. The van der Waals surface area contributed by atoms with E-state index in [1.54, 1.807) is 12.5 Å². The van der Waals surface area contributed by atoms with Gasteiger partial charge in [0.05, 0.1) is 18.0 Å². The van der Waals surface area contributed by atoms with E-state index in [2.05, 4.69) is 44.3 Å². The number of guanidine groups is 1. The highest BCUT2D eigenvalue weighted by Gasteiger charge is 2.22.